The third-order valence-corrected chi connectivity index (χ3v) is 4.74. The van der Waals surface area contributed by atoms with Crippen LogP contribution in [0.5, 0.6) is 5.75 Å². The van der Waals surface area contributed by atoms with Gasteiger partial charge in [-0.2, -0.15) is 0 Å². The minimum Gasteiger partial charge on any atom is -0.507 e. The third kappa shape index (κ3) is 4.51. The summed E-state index contributed by atoms with van der Waals surface area (Å²) in [4.78, 5) is 2.63. The molecule has 2 N–H and O–H groups in total. The largest absolute Gasteiger partial charge is 0.507 e. The van der Waals surface area contributed by atoms with E-state index in [2.05, 4.69) is 22.3 Å². The summed E-state index contributed by atoms with van der Waals surface area (Å²) in [6.07, 6.45) is 4.08. The van der Waals surface area contributed by atoms with Gasteiger partial charge in [0, 0.05) is 32.2 Å². The van der Waals surface area contributed by atoms with Crippen LogP contribution in [0.1, 0.15) is 42.0 Å². The van der Waals surface area contributed by atoms with Crippen LogP contribution in [0.2, 0.25) is 0 Å². The number of hydrogen-bond acceptors (Lipinski definition) is 3. The number of nitrogens with zero attached hydrogens (tertiary/aromatic N) is 1. The molecule has 1 aromatic rings. The summed E-state index contributed by atoms with van der Waals surface area (Å²) < 4.78 is 0. The molecule has 3 nitrogen and oxygen atoms in total. The molecule has 2 fully saturated rings. The average Bonchev–Trinajstić information content (AvgIpc) is 3.27. The summed E-state index contributed by atoms with van der Waals surface area (Å²) in [5.41, 5.74) is 3.42. The standard InChI is InChI=1S/C17H26N2O.2ClH/c1-12-9-15(10-13(2)17(12)20)16(11-14-3-4-14)19-7-5-18-6-8-19;;/h9-10,14,16,18,20H,3-8,11H2,1-2H3;2*1H/t16-;;/m0../s1. The lowest BCUT2D eigenvalue weighted by Crippen LogP contribution is -2.45. The van der Waals surface area contributed by atoms with Gasteiger partial charge in [-0.25, -0.2) is 0 Å². The molecule has 0 bridgehead atoms. The number of aryl methyl sites for hydroxylation is 2. The molecule has 1 atom stereocenters. The van der Waals surface area contributed by atoms with Crippen molar-refractivity contribution >= 4 is 24.8 Å². The van der Waals surface area contributed by atoms with Crippen molar-refractivity contribution in [3.63, 3.8) is 0 Å². The van der Waals surface area contributed by atoms with Crippen molar-refractivity contribution in [3.8, 4) is 5.75 Å². The number of halogens is 2. The molecule has 0 spiro atoms. The molecule has 1 aromatic carbocycles. The highest BCUT2D eigenvalue weighted by molar-refractivity contribution is 5.85. The summed E-state index contributed by atoms with van der Waals surface area (Å²) in [7, 11) is 0. The zero-order valence-corrected chi connectivity index (χ0v) is 15.1. The van der Waals surface area contributed by atoms with Gasteiger partial charge in [-0.1, -0.05) is 25.0 Å². The molecule has 1 aliphatic carbocycles. The molecule has 3 rings (SSSR count). The van der Waals surface area contributed by atoms with Crippen molar-refractivity contribution in [2.45, 2.75) is 39.2 Å². The van der Waals surface area contributed by atoms with E-state index >= 15 is 0 Å². The first-order valence-electron chi connectivity index (χ1n) is 7.90. The Balaban J connectivity index is 0.00000121. The first-order chi connectivity index (χ1) is 9.65. The number of phenolic OH excluding ortho intramolecular Hbond substituents is 1. The fourth-order valence-corrected chi connectivity index (χ4v) is 3.34. The number of piperazine rings is 1. The van der Waals surface area contributed by atoms with Crippen molar-refractivity contribution in [1.82, 2.24) is 10.2 Å². The van der Waals surface area contributed by atoms with E-state index < -0.39 is 0 Å². The van der Waals surface area contributed by atoms with Crippen LogP contribution in [-0.2, 0) is 0 Å². The predicted octanol–water partition coefficient (Wildman–Crippen LogP) is 3.60. The maximum Gasteiger partial charge on any atom is 0.121 e. The van der Waals surface area contributed by atoms with Gasteiger partial charge in [0.25, 0.3) is 0 Å². The molecule has 1 aliphatic heterocycles. The van der Waals surface area contributed by atoms with Crippen molar-refractivity contribution in [2.24, 2.45) is 5.92 Å². The van der Waals surface area contributed by atoms with E-state index in [1.165, 1.54) is 24.8 Å². The molecule has 1 heterocycles. The van der Waals surface area contributed by atoms with Crippen LogP contribution in [0.3, 0.4) is 0 Å². The summed E-state index contributed by atoms with van der Waals surface area (Å²) in [6.45, 7) is 8.48. The monoisotopic (exact) mass is 346 g/mol. The lowest BCUT2D eigenvalue weighted by molar-refractivity contribution is 0.160. The highest BCUT2D eigenvalue weighted by Gasteiger charge is 2.30. The summed E-state index contributed by atoms with van der Waals surface area (Å²) in [5.74, 6) is 1.38. The Labute approximate surface area is 146 Å². The van der Waals surface area contributed by atoms with Crippen molar-refractivity contribution in [3.05, 3.63) is 28.8 Å². The third-order valence-electron chi connectivity index (χ3n) is 4.74. The minimum atomic E-state index is 0. The Morgan fingerprint density at radius 2 is 1.68 bits per heavy atom. The molecule has 0 unspecified atom stereocenters. The Morgan fingerprint density at radius 1 is 1.14 bits per heavy atom. The molecule has 22 heavy (non-hydrogen) atoms. The van der Waals surface area contributed by atoms with Crippen LogP contribution in [0.15, 0.2) is 12.1 Å². The van der Waals surface area contributed by atoms with Gasteiger partial charge in [-0.05, 0) is 42.9 Å². The molecule has 2 aliphatic rings. The molecular formula is C17H28Cl2N2O. The van der Waals surface area contributed by atoms with Gasteiger partial charge in [0.1, 0.15) is 5.75 Å². The van der Waals surface area contributed by atoms with E-state index in [0.29, 0.717) is 11.8 Å². The number of rotatable bonds is 4. The molecule has 1 saturated carbocycles. The van der Waals surface area contributed by atoms with E-state index in [-0.39, 0.29) is 24.8 Å². The smallest absolute Gasteiger partial charge is 0.121 e. The number of benzene rings is 1. The van der Waals surface area contributed by atoms with Gasteiger partial charge in [0.2, 0.25) is 0 Å². The highest BCUT2D eigenvalue weighted by Crippen LogP contribution is 2.41. The highest BCUT2D eigenvalue weighted by atomic mass is 35.5. The van der Waals surface area contributed by atoms with Crippen LogP contribution in [0.25, 0.3) is 0 Å². The van der Waals surface area contributed by atoms with E-state index in [1.54, 1.807) is 0 Å². The van der Waals surface area contributed by atoms with Crippen LogP contribution >= 0.6 is 24.8 Å². The first kappa shape index (κ1) is 19.6. The topological polar surface area (TPSA) is 35.5 Å². The van der Waals surface area contributed by atoms with Crippen molar-refractivity contribution in [2.75, 3.05) is 26.2 Å². The van der Waals surface area contributed by atoms with Gasteiger partial charge in [0.15, 0.2) is 0 Å². The fourth-order valence-electron chi connectivity index (χ4n) is 3.34. The zero-order valence-electron chi connectivity index (χ0n) is 13.5. The maximum absolute atomic E-state index is 9.99. The second-order valence-corrected chi connectivity index (χ2v) is 6.48. The Morgan fingerprint density at radius 3 is 2.18 bits per heavy atom. The molecule has 0 amide bonds. The van der Waals surface area contributed by atoms with Gasteiger partial charge in [0.05, 0.1) is 0 Å². The van der Waals surface area contributed by atoms with Crippen molar-refractivity contribution in [1.29, 1.82) is 0 Å². The Bertz CT molecular complexity index is 463. The van der Waals surface area contributed by atoms with Gasteiger partial charge in [-0.3, -0.25) is 4.90 Å². The normalized spacial score (nSPS) is 19.9. The fraction of sp³-hybridized carbons (Fsp3) is 0.647. The summed E-state index contributed by atoms with van der Waals surface area (Å²) >= 11 is 0. The van der Waals surface area contributed by atoms with Gasteiger partial charge < -0.3 is 10.4 Å². The van der Waals surface area contributed by atoms with Crippen LogP contribution < -0.4 is 5.32 Å². The Kier molecular flexibility index (Phi) is 7.47. The second kappa shape index (κ2) is 8.39. The molecular weight excluding hydrogens is 319 g/mol. The van der Waals surface area contributed by atoms with Crippen LogP contribution in [-0.4, -0.2) is 36.2 Å². The van der Waals surface area contributed by atoms with E-state index in [4.69, 9.17) is 0 Å². The summed E-state index contributed by atoms with van der Waals surface area (Å²) in [6, 6.07) is 4.91. The molecule has 5 heteroatoms. The minimum absolute atomic E-state index is 0. The van der Waals surface area contributed by atoms with Crippen molar-refractivity contribution < 1.29 is 5.11 Å². The molecule has 0 aromatic heterocycles. The van der Waals surface area contributed by atoms with Crippen LogP contribution in [0, 0.1) is 19.8 Å². The van der Waals surface area contributed by atoms with E-state index in [1.807, 2.05) is 13.8 Å². The lowest BCUT2D eigenvalue weighted by atomic mass is 9.95. The zero-order chi connectivity index (χ0) is 14.1. The molecule has 126 valence electrons. The lowest BCUT2D eigenvalue weighted by Gasteiger charge is -2.36. The first-order valence-corrected chi connectivity index (χ1v) is 7.90. The number of hydrogen-bond donors (Lipinski definition) is 2. The number of aromatic hydroxyl groups is 1. The average molecular weight is 347 g/mol. The van der Waals surface area contributed by atoms with E-state index in [0.717, 1.165) is 43.2 Å². The maximum atomic E-state index is 9.99. The van der Waals surface area contributed by atoms with Gasteiger partial charge >= 0.3 is 0 Å². The SMILES string of the molecule is Cc1cc([C@H](CC2CC2)N2CCNCC2)cc(C)c1O.Cl.Cl. The van der Waals surface area contributed by atoms with E-state index in [9.17, 15) is 5.11 Å². The quantitative estimate of drug-likeness (QED) is 0.874. The summed E-state index contributed by atoms with van der Waals surface area (Å²) in [5, 5.41) is 13.4. The molecule has 1 saturated heterocycles. The number of phenols is 1. The second-order valence-electron chi connectivity index (χ2n) is 6.48. The van der Waals surface area contributed by atoms with Crippen LogP contribution in [0.4, 0.5) is 0 Å². The predicted molar refractivity (Wildman–Crippen MR) is 96.6 cm³/mol. The molecule has 0 radical (unpaired) electrons. The number of nitrogens with one attached hydrogen (secondary N) is 1. The van der Waals surface area contributed by atoms with Gasteiger partial charge in [-0.15, -0.1) is 24.8 Å². The Hall–Kier alpha value is -0.480.